The molecule has 2 bridgehead atoms. The second-order valence-electron chi connectivity index (χ2n) is 8.50. The molecule has 3 fully saturated rings. The van der Waals surface area contributed by atoms with Crippen LogP contribution in [0.4, 0.5) is 0 Å². The van der Waals surface area contributed by atoms with Crippen LogP contribution in [0.15, 0.2) is 11.1 Å². The van der Waals surface area contributed by atoms with E-state index in [1.54, 1.807) is 6.92 Å². The van der Waals surface area contributed by atoms with Crippen LogP contribution in [0.3, 0.4) is 0 Å². The summed E-state index contributed by atoms with van der Waals surface area (Å²) in [5.74, 6) is -5.75. The van der Waals surface area contributed by atoms with E-state index in [9.17, 15) is 24.6 Å². The quantitative estimate of drug-likeness (QED) is 0.365. The fourth-order valence-electron chi connectivity index (χ4n) is 4.70. The molecule has 1 spiro atoms. The van der Waals surface area contributed by atoms with Crippen LogP contribution >= 0.6 is 0 Å². The molecule has 0 saturated carbocycles. The summed E-state index contributed by atoms with van der Waals surface area (Å²) in [5.41, 5.74) is -2.70. The first-order chi connectivity index (χ1) is 13.3. The van der Waals surface area contributed by atoms with E-state index in [1.807, 2.05) is 0 Å². The molecular formula is C19H24O10. The highest BCUT2D eigenvalue weighted by Crippen LogP contribution is 2.63. The Morgan fingerprint density at radius 3 is 2.48 bits per heavy atom. The molecule has 4 aliphatic rings. The molecule has 10 heteroatoms. The van der Waals surface area contributed by atoms with Crippen LogP contribution in [-0.2, 0) is 38.1 Å². The largest absolute Gasteiger partial charge is 0.461 e. The van der Waals surface area contributed by atoms with E-state index in [4.69, 9.17) is 23.7 Å². The van der Waals surface area contributed by atoms with Gasteiger partial charge in [0.05, 0.1) is 16.7 Å². The molecule has 29 heavy (non-hydrogen) atoms. The lowest BCUT2D eigenvalue weighted by Gasteiger charge is -2.48. The zero-order valence-electron chi connectivity index (χ0n) is 16.6. The van der Waals surface area contributed by atoms with Crippen molar-refractivity contribution in [3.8, 4) is 0 Å². The van der Waals surface area contributed by atoms with Gasteiger partial charge in [0.25, 0.3) is 5.79 Å². The average Bonchev–Trinajstić information content (AvgIpc) is 3.02. The highest BCUT2D eigenvalue weighted by molar-refractivity contribution is 5.94. The summed E-state index contributed by atoms with van der Waals surface area (Å²) in [6.45, 7) is 5.11. The third-order valence-electron chi connectivity index (χ3n) is 6.17. The van der Waals surface area contributed by atoms with Gasteiger partial charge in [0, 0.05) is 26.7 Å². The van der Waals surface area contributed by atoms with Crippen LogP contribution in [0, 0.1) is 0 Å². The maximum Gasteiger partial charge on any atom is 0.340 e. The predicted molar refractivity (Wildman–Crippen MR) is 91.8 cm³/mol. The van der Waals surface area contributed by atoms with Gasteiger partial charge in [0.2, 0.25) is 0 Å². The van der Waals surface area contributed by atoms with Crippen molar-refractivity contribution in [3.63, 3.8) is 0 Å². The number of hydrogen-bond acceptors (Lipinski definition) is 10. The van der Waals surface area contributed by atoms with Crippen LogP contribution in [0.2, 0.25) is 0 Å². The van der Waals surface area contributed by atoms with Crippen LogP contribution < -0.4 is 0 Å². The number of hydrogen-bond donors (Lipinski definition) is 2. The first-order valence-electron chi connectivity index (χ1n) is 9.44. The molecule has 160 valence electrons. The summed E-state index contributed by atoms with van der Waals surface area (Å²) in [6, 6.07) is 0. The third kappa shape index (κ3) is 2.89. The van der Waals surface area contributed by atoms with E-state index >= 15 is 0 Å². The van der Waals surface area contributed by atoms with Gasteiger partial charge in [0.1, 0.15) is 18.3 Å². The first-order valence-corrected chi connectivity index (χ1v) is 9.44. The Hall–Kier alpha value is -2.01. The molecule has 4 aliphatic heterocycles. The van der Waals surface area contributed by atoms with Crippen molar-refractivity contribution < 1.29 is 48.3 Å². The second-order valence-corrected chi connectivity index (χ2v) is 8.50. The van der Waals surface area contributed by atoms with E-state index in [-0.39, 0.29) is 24.0 Å². The van der Waals surface area contributed by atoms with Crippen molar-refractivity contribution in [3.05, 3.63) is 11.1 Å². The maximum absolute atomic E-state index is 12.6. The van der Waals surface area contributed by atoms with Crippen molar-refractivity contribution in [1.82, 2.24) is 0 Å². The first kappa shape index (κ1) is 20.3. The van der Waals surface area contributed by atoms with E-state index in [0.717, 1.165) is 0 Å². The molecule has 4 rings (SSSR count). The zero-order chi connectivity index (χ0) is 21.4. The molecule has 0 aliphatic carbocycles. The Labute approximate surface area is 166 Å². The van der Waals surface area contributed by atoms with E-state index < -0.39 is 59.5 Å². The molecule has 3 saturated heterocycles. The lowest BCUT2D eigenvalue weighted by atomic mass is 9.74. The lowest BCUT2D eigenvalue weighted by Crippen LogP contribution is -2.65. The lowest BCUT2D eigenvalue weighted by molar-refractivity contribution is -0.314. The molecule has 2 N–H and O–H groups in total. The number of esters is 3. The number of rotatable bonds is 3. The zero-order valence-corrected chi connectivity index (χ0v) is 16.6. The smallest absolute Gasteiger partial charge is 0.340 e. The SMILES string of the molecule is CC(=O)OCC1=C2[C@@H](OC(C)=O)C[C@@]3(C)O[C@@]34CC[C@@](C)(O)[C@@H](O4)[C@@]2(O)OC1=O. The Morgan fingerprint density at radius 1 is 1.17 bits per heavy atom. The molecule has 0 aromatic rings. The number of carbonyl (C=O) groups is 3. The number of carbonyl (C=O) groups excluding carboxylic acids is 3. The van der Waals surface area contributed by atoms with E-state index in [0.29, 0.717) is 6.42 Å². The minimum Gasteiger partial charge on any atom is -0.461 e. The molecule has 0 amide bonds. The highest BCUT2D eigenvalue weighted by atomic mass is 16.8. The summed E-state index contributed by atoms with van der Waals surface area (Å²) < 4.78 is 27.6. The van der Waals surface area contributed by atoms with Crippen LogP contribution in [-0.4, -0.2) is 69.7 Å². The fourth-order valence-corrected chi connectivity index (χ4v) is 4.70. The minimum atomic E-state index is -2.42. The van der Waals surface area contributed by atoms with Gasteiger partial charge >= 0.3 is 17.9 Å². The van der Waals surface area contributed by atoms with Crippen LogP contribution in [0.1, 0.15) is 47.0 Å². The highest BCUT2D eigenvalue weighted by Gasteiger charge is 2.78. The van der Waals surface area contributed by atoms with Gasteiger partial charge in [-0.2, -0.15) is 0 Å². The van der Waals surface area contributed by atoms with Crippen LogP contribution in [0.5, 0.6) is 0 Å². The van der Waals surface area contributed by atoms with Gasteiger partial charge in [-0.15, -0.1) is 0 Å². The van der Waals surface area contributed by atoms with Crippen molar-refractivity contribution in [2.24, 2.45) is 0 Å². The van der Waals surface area contributed by atoms with Gasteiger partial charge < -0.3 is 33.9 Å². The molecule has 4 heterocycles. The van der Waals surface area contributed by atoms with Gasteiger partial charge in [-0.1, -0.05) is 0 Å². The molecule has 0 radical (unpaired) electrons. The van der Waals surface area contributed by atoms with Gasteiger partial charge in [-0.05, 0) is 20.3 Å². The summed E-state index contributed by atoms with van der Waals surface area (Å²) in [4.78, 5) is 35.7. The van der Waals surface area contributed by atoms with Crippen molar-refractivity contribution in [2.45, 2.75) is 81.9 Å². The summed E-state index contributed by atoms with van der Waals surface area (Å²) in [6.07, 6.45) is -1.86. The molecule has 0 unspecified atom stereocenters. The molecule has 10 nitrogen and oxygen atoms in total. The number of fused-ring (bicyclic) bond motifs is 3. The topological polar surface area (TPSA) is 141 Å². The number of aliphatic hydroxyl groups is 2. The maximum atomic E-state index is 12.6. The average molecular weight is 412 g/mol. The van der Waals surface area contributed by atoms with Gasteiger partial charge in [-0.25, -0.2) is 4.79 Å². The molecular weight excluding hydrogens is 388 g/mol. The monoisotopic (exact) mass is 412 g/mol. The Bertz CT molecular complexity index is 831. The Balaban J connectivity index is 1.88. The van der Waals surface area contributed by atoms with Crippen LogP contribution in [0.25, 0.3) is 0 Å². The van der Waals surface area contributed by atoms with Gasteiger partial charge in [0.15, 0.2) is 11.9 Å². The van der Waals surface area contributed by atoms with Crippen molar-refractivity contribution >= 4 is 17.9 Å². The second kappa shape index (κ2) is 6.00. The number of epoxide rings is 1. The van der Waals surface area contributed by atoms with Crippen molar-refractivity contribution in [1.29, 1.82) is 0 Å². The molecule has 6 atom stereocenters. The Kier molecular flexibility index (Phi) is 4.20. The van der Waals surface area contributed by atoms with Gasteiger partial charge in [-0.3, -0.25) is 9.59 Å². The number of ether oxygens (including phenoxy) is 5. The summed E-state index contributed by atoms with van der Waals surface area (Å²) >= 11 is 0. The molecule has 0 aromatic carbocycles. The molecule has 0 aromatic heterocycles. The Morgan fingerprint density at radius 2 is 1.86 bits per heavy atom. The normalized spacial score (nSPS) is 45.4. The van der Waals surface area contributed by atoms with Crippen molar-refractivity contribution in [2.75, 3.05) is 6.61 Å². The minimum absolute atomic E-state index is 0.0826. The fraction of sp³-hybridized carbons (Fsp3) is 0.737. The van der Waals surface area contributed by atoms with E-state index in [1.165, 1.54) is 20.8 Å². The third-order valence-corrected chi connectivity index (χ3v) is 6.17. The standard InChI is InChI=1S/C19H24O10/c1-9(20)25-8-11-13-12(26-10(2)21)7-17(4)18(29-17)6-5-16(3,23)15(28-18)19(13,24)27-14(11)22/h12,15,23-24H,5-8H2,1-4H3/t12-,15+,16+,17+,18-,19-/m0/s1. The van der Waals surface area contributed by atoms with E-state index in [2.05, 4.69) is 0 Å². The summed E-state index contributed by atoms with van der Waals surface area (Å²) in [7, 11) is 0. The predicted octanol–water partition coefficient (Wildman–Crippen LogP) is -0.158. The summed E-state index contributed by atoms with van der Waals surface area (Å²) in [5, 5.41) is 22.4.